The van der Waals surface area contributed by atoms with Crippen molar-refractivity contribution in [1.82, 2.24) is 10.2 Å². The maximum atomic E-state index is 12.8. The minimum absolute atomic E-state index is 0.305. The molecule has 0 radical (unpaired) electrons. The third-order valence-corrected chi connectivity index (χ3v) is 7.06. The number of rotatable bonds is 4. The summed E-state index contributed by atoms with van der Waals surface area (Å²) in [6.45, 7) is 0.116. The summed E-state index contributed by atoms with van der Waals surface area (Å²) < 4.78 is 25.3. The lowest BCUT2D eigenvalue weighted by molar-refractivity contribution is -0.130. The number of ketones is 1. The SMILES string of the molecule is CS(=O)(=O)N1CCCc2cc(C(=O)CN3C(=O)NC4(CCCC4)C3=O)ccc21. The van der Waals surface area contributed by atoms with Crippen molar-refractivity contribution in [2.75, 3.05) is 23.7 Å². The van der Waals surface area contributed by atoms with Gasteiger partial charge in [0.15, 0.2) is 5.78 Å². The standard InChI is InChI=1S/C19H23N3O5S/c1-28(26,27)22-10-4-5-13-11-14(6-7-15(13)22)16(23)12-21-17(24)19(20-18(21)25)8-2-3-9-19/h6-7,11H,2-5,8-10,12H2,1H3,(H,20,25). The molecule has 9 heteroatoms. The van der Waals surface area contributed by atoms with Crippen LogP contribution in [0.4, 0.5) is 10.5 Å². The van der Waals surface area contributed by atoms with Crippen molar-refractivity contribution in [3.05, 3.63) is 29.3 Å². The van der Waals surface area contributed by atoms with E-state index in [-0.39, 0.29) is 18.2 Å². The highest BCUT2D eigenvalue weighted by Crippen LogP contribution is 2.35. The molecule has 2 fully saturated rings. The number of Topliss-reactive ketones (excluding diaryl/α,β-unsaturated/α-hetero) is 1. The second-order valence-electron chi connectivity index (χ2n) is 7.82. The van der Waals surface area contributed by atoms with E-state index in [0.29, 0.717) is 43.5 Å². The van der Waals surface area contributed by atoms with Gasteiger partial charge in [0.05, 0.1) is 18.5 Å². The fourth-order valence-corrected chi connectivity index (χ4v) is 5.45. The van der Waals surface area contributed by atoms with Crippen molar-refractivity contribution in [1.29, 1.82) is 0 Å². The molecule has 2 aliphatic heterocycles. The van der Waals surface area contributed by atoms with Gasteiger partial charge >= 0.3 is 6.03 Å². The first kappa shape index (κ1) is 18.9. The minimum atomic E-state index is -3.38. The van der Waals surface area contributed by atoms with Gasteiger partial charge in [-0.2, -0.15) is 0 Å². The summed E-state index contributed by atoms with van der Waals surface area (Å²) in [5, 5.41) is 2.77. The molecule has 0 unspecified atom stereocenters. The highest BCUT2D eigenvalue weighted by atomic mass is 32.2. The van der Waals surface area contributed by atoms with Crippen LogP contribution in [0.3, 0.4) is 0 Å². The van der Waals surface area contributed by atoms with E-state index < -0.39 is 21.6 Å². The molecule has 1 aromatic carbocycles. The fraction of sp³-hybridized carbons (Fsp3) is 0.526. The van der Waals surface area contributed by atoms with Crippen LogP contribution < -0.4 is 9.62 Å². The van der Waals surface area contributed by atoms with E-state index >= 15 is 0 Å². The number of nitrogens with one attached hydrogen (secondary N) is 1. The minimum Gasteiger partial charge on any atom is -0.323 e. The summed E-state index contributed by atoms with van der Waals surface area (Å²) >= 11 is 0. The molecule has 2 heterocycles. The van der Waals surface area contributed by atoms with E-state index in [1.54, 1.807) is 18.2 Å². The van der Waals surface area contributed by atoms with Gasteiger partial charge in [-0.05, 0) is 49.4 Å². The molecular formula is C19H23N3O5S. The monoisotopic (exact) mass is 405 g/mol. The molecule has 150 valence electrons. The largest absolute Gasteiger partial charge is 0.325 e. The van der Waals surface area contributed by atoms with Crippen molar-refractivity contribution >= 4 is 33.4 Å². The Hall–Kier alpha value is -2.42. The molecule has 0 aromatic heterocycles. The topological polar surface area (TPSA) is 104 Å². The van der Waals surface area contributed by atoms with Gasteiger partial charge in [0.25, 0.3) is 5.91 Å². The number of sulfonamides is 1. The molecule has 1 saturated heterocycles. The molecule has 1 aromatic rings. The van der Waals surface area contributed by atoms with Crippen molar-refractivity contribution in [2.24, 2.45) is 0 Å². The van der Waals surface area contributed by atoms with Crippen LogP contribution >= 0.6 is 0 Å². The fourth-order valence-electron chi connectivity index (χ4n) is 4.45. The van der Waals surface area contributed by atoms with Crippen molar-refractivity contribution in [2.45, 2.75) is 44.1 Å². The number of urea groups is 1. The van der Waals surface area contributed by atoms with Gasteiger partial charge < -0.3 is 5.32 Å². The number of imide groups is 1. The maximum absolute atomic E-state index is 12.8. The number of hydrogen-bond acceptors (Lipinski definition) is 5. The average Bonchev–Trinajstić information content (AvgIpc) is 3.20. The summed E-state index contributed by atoms with van der Waals surface area (Å²) in [7, 11) is -3.38. The lowest BCUT2D eigenvalue weighted by atomic mass is 9.97. The van der Waals surface area contributed by atoms with Gasteiger partial charge in [0.1, 0.15) is 5.54 Å². The molecule has 28 heavy (non-hydrogen) atoms. The van der Waals surface area contributed by atoms with E-state index in [1.165, 1.54) is 4.31 Å². The molecule has 1 spiro atoms. The molecule has 8 nitrogen and oxygen atoms in total. The van der Waals surface area contributed by atoms with Crippen LogP contribution in [0.2, 0.25) is 0 Å². The van der Waals surface area contributed by atoms with E-state index in [1.807, 2.05) is 0 Å². The Labute approximate surface area is 163 Å². The van der Waals surface area contributed by atoms with Crippen LogP contribution in [0.1, 0.15) is 48.0 Å². The first-order valence-electron chi connectivity index (χ1n) is 9.49. The van der Waals surface area contributed by atoms with E-state index in [9.17, 15) is 22.8 Å². The number of aryl methyl sites for hydroxylation is 1. The predicted octanol–water partition coefficient (Wildman–Crippen LogP) is 1.45. The lowest BCUT2D eigenvalue weighted by Crippen LogP contribution is -2.44. The molecule has 0 bridgehead atoms. The molecular weight excluding hydrogens is 382 g/mol. The number of carbonyl (C=O) groups excluding carboxylic acids is 3. The highest BCUT2D eigenvalue weighted by molar-refractivity contribution is 7.92. The number of carbonyl (C=O) groups is 3. The molecule has 3 amide bonds. The maximum Gasteiger partial charge on any atom is 0.325 e. The smallest absolute Gasteiger partial charge is 0.323 e. The Bertz CT molecular complexity index is 966. The van der Waals surface area contributed by atoms with Gasteiger partial charge in [-0.1, -0.05) is 12.8 Å². The van der Waals surface area contributed by atoms with Gasteiger partial charge in [-0.25, -0.2) is 13.2 Å². The van der Waals surface area contributed by atoms with Gasteiger partial charge in [0.2, 0.25) is 10.0 Å². The van der Waals surface area contributed by atoms with Crippen LogP contribution in [0.15, 0.2) is 18.2 Å². The Kier molecular flexibility index (Phi) is 4.45. The summed E-state index contributed by atoms with van der Waals surface area (Å²) in [6, 6.07) is 4.36. The number of benzene rings is 1. The number of fused-ring (bicyclic) bond motifs is 1. The molecule has 3 aliphatic rings. The lowest BCUT2D eigenvalue weighted by Gasteiger charge is -2.29. The first-order valence-corrected chi connectivity index (χ1v) is 11.3. The van der Waals surface area contributed by atoms with Gasteiger partial charge in [-0.3, -0.25) is 18.8 Å². The van der Waals surface area contributed by atoms with Crippen molar-refractivity contribution in [3.8, 4) is 0 Å². The van der Waals surface area contributed by atoms with Crippen molar-refractivity contribution < 1.29 is 22.8 Å². The summed E-state index contributed by atoms with van der Waals surface area (Å²) in [4.78, 5) is 38.7. The van der Waals surface area contributed by atoms with E-state index in [2.05, 4.69) is 5.32 Å². The van der Waals surface area contributed by atoms with Crippen LogP contribution in [-0.2, 0) is 21.2 Å². The van der Waals surface area contributed by atoms with Crippen LogP contribution in [0, 0.1) is 0 Å². The number of hydrogen-bond donors (Lipinski definition) is 1. The number of amides is 3. The molecule has 4 rings (SSSR count). The van der Waals surface area contributed by atoms with Gasteiger partial charge in [0, 0.05) is 12.1 Å². The molecule has 1 saturated carbocycles. The van der Waals surface area contributed by atoms with Crippen LogP contribution in [0.25, 0.3) is 0 Å². The predicted molar refractivity (Wildman–Crippen MR) is 103 cm³/mol. The van der Waals surface area contributed by atoms with E-state index in [0.717, 1.165) is 29.6 Å². The average molecular weight is 405 g/mol. The van der Waals surface area contributed by atoms with Crippen molar-refractivity contribution in [3.63, 3.8) is 0 Å². The zero-order chi connectivity index (χ0) is 20.1. The second-order valence-corrected chi connectivity index (χ2v) is 9.72. The quantitative estimate of drug-likeness (QED) is 0.603. The molecule has 0 atom stereocenters. The number of nitrogens with zero attached hydrogens (tertiary/aromatic N) is 2. The summed E-state index contributed by atoms with van der Waals surface area (Å²) in [5.74, 6) is -0.651. The Morgan fingerprint density at radius 1 is 1.18 bits per heavy atom. The van der Waals surface area contributed by atoms with Gasteiger partial charge in [-0.15, -0.1) is 0 Å². The highest BCUT2D eigenvalue weighted by Gasteiger charge is 2.52. The second kappa shape index (κ2) is 6.58. The molecule has 1 N–H and O–H groups in total. The number of anilines is 1. The normalized spacial score (nSPS) is 21.2. The zero-order valence-corrected chi connectivity index (χ0v) is 16.5. The third kappa shape index (κ3) is 3.07. The first-order chi connectivity index (χ1) is 13.2. The summed E-state index contributed by atoms with van der Waals surface area (Å²) in [6.07, 6.45) is 5.51. The molecule has 1 aliphatic carbocycles. The van der Waals surface area contributed by atoms with E-state index in [4.69, 9.17) is 0 Å². The van der Waals surface area contributed by atoms with Crippen LogP contribution in [0.5, 0.6) is 0 Å². The van der Waals surface area contributed by atoms with Crippen LogP contribution in [-0.4, -0.2) is 55.9 Å². The third-order valence-electron chi connectivity index (χ3n) is 5.88. The summed E-state index contributed by atoms with van der Waals surface area (Å²) in [5.41, 5.74) is 0.919. The Balaban J connectivity index is 1.55. The zero-order valence-electron chi connectivity index (χ0n) is 15.7. The Morgan fingerprint density at radius 3 is 2.57 bits per heavy atom. The Morgan fingerprint density at radius 2 is 1.89 bits per heavy atom.